The average molecular weight is 180 g/mol. The molecule has 1 aromatic heterocycles. The second-order valence-corrected chi connectivity index (χ2v) is 3.34. The van der Waals surface area contributed by atoms with Crippen LogP contribution in [0, 0.1) is 0 Å². The average Bonchev–Trinajstić information content (AvgIpc) is 2.51. The zero-order chi connectivity index (χ0) is 8.39. The summed E-state index contributed by atoms with van der Waals surface area (Å²) in [6, 6.07) is 6.05. The first-order valence-corrected chi connectivity index (χ1v) is 4.32. The zero-order valence-electron chi connectivity index (χ0n) is 6.36. The Bertz CT molecular complexity index is 385. The fourth-order valence-electron chi connectivity index (χ4n) is 1.09. The highest BCUT2D eigenvalue weighted by molar-refractivity contribution is 7.13. The maximum atomic E-state index is 4.97. The van der Waals surface area contributed by atoms with E-state index in [0.29, 0.717) is 6.61 Å². The van der Waals surface area contributed by atoms with Gasteiger partial charge in [0.2, 0.25) is 0 Å². The predicted octanol–water partition coefficient (Wildman–Crippen LogP) is 1.69. The van der Waals surface area contributed by atoms with Gasteiger partial charge < -0.3 is 0 Å². The van der Waals surface area contributed by atoms with Gasteiger partial charge >= 0.3 is 0 Å². The van der Waals surface area contributed by atoms with E-state index in [1.807, 2.05) is 24.4 Å². The largest absolute Gasteiger partial charge is 0.300 e. The number of nitrogens with zero attached hydrogens (tertiary/aromatic N) is 1. The summed E-state index contributed by atoms with van der Waals surface area (Å²) >= 11 is 1.48. The van der Waals surface area contributed by atoms with Gasteiger partial charge in [-0.3, -0.25) is 4.84 Å². The Morgan fingerprint density at radius 1 is 1.50 bits per heavy atom. The Labute approximate surface area is 73.9 Å². The van der Waals surface area contributed by atoms with Crippen LogP contribution in [-0.2, 0) is 11.4 Å². The van der Waals surface area contributed by atoms with Gasteiger partial charge in [0.05, 0.1) is 11.3 Å². The topological polar surface area (TPSA) is 48.1 Å². The van der Waals surface area contributed by atoms with Crippen molar-refractivity contribution < 1.29 is 4.84 Å². The number of nitrogens with two attached hydrogens (primary N) is 1. The summed E-state index contributed by atoms with van der Waals surface area (Å²) in [6.07, 6.45) is 1.85. The molecule has 0 unspecified atom stereocenters. The summed E-state index contributed by atoms with van der Waals surface area (Å²) in [5.41, 5.74) is 1.08. The van der Waals surface area contributed by atoms with Crippen LogP contribution in [0.4, 0.5) is 0 Å². The van der Waals surface area contributed by atoms with Crippen LogP contribution in [0.2, 0.25) is 0 Å². The molecule has 1 heterocycles. The third-order valence-corrected chi connectivity index (χ3v) is 2.43. The second-order valence-electron chi connectivity index (χ2n) is 2.51. The molecule has 0 aliphatic heterocycles. The van der Waals surface area contributed by atoms with Gasteiger partial charge in [-0.15, -0.1) is 0 Å². The van der Waals surface area contributed by atoms with Crippen LogP contribution in [0.3, 0.4) is 0 Å². The molecule has 4 heteroatoms. The summed E-state index contributed by atoms with van der Waals surface area (Å²) in [6.45, 7) is 0.452. The van der Waals surface area contributed by atoms with E-state index in [9.17, 15) is 0 Å². The first kappa shape index (κ1) is 7.67. The number of hydrogen-bond donors (Lipinski definition) is 1. The van der Waals surface area contributed by atoms with E-state index in [4.69, 9.17) is 5.90 Å². The van der Waals surface area contributed by atoms with E-state index in [1.54, 1.807) is 0 Å². The third-order valence-electron chi connectivity index (χ3n) is 1.67. The van der Waals surface area contributed by atoms with E-state index in [0.717, 1.165) is 5.56 Å². The molecule has 0 bridgehead atoms. The van der Waals surface area contributed by atoms with Crippen molar-refractivity contribution in [2.75, 3.05) is 0 Å². The third kappa shape index (κ3) is 1.32. The highest BCUT2D eigenvalue weighted by Gasteiger charge is 1.97. The molecule has 3 nitrogen and oxygen atoms in total. The molecule has 2 N–H and O–H groups in total. The minimum Gasteiger partial charge on any atom is -0.300 e. The van der Waals surface area contributed by atoms with E-state index >= 15 is 0 Å². The molecule has 0 fully saturated rings. The lowest BCUT2D eigenvalue weighted by atomic mass is 10.2. The second kappa shape index (κ2) is 3.18. The van der Waals surface area contributed by atoms with Gasteiger partial charge in [-0.25, -0.2) is 5.90 Å². The Hall–Kier alpha value is -0.970. The molecule has 0 saturated carbocycles. The van der Waals surface area contributed by atoms with Gasteiger partial charge in [0.15, 0.2) is 0 Å². The van der Waals surface area contributed by atoms with Crippen molar-refractivity contribution in [1.29, 1.82) is 0 Å². The maximum Gasteiger partial charge on any atom is 0.0930 e. The first-order chi connectivity index (χ1) is 5.90. The molecule has 0 aliphatic carbocycles. The van der Waals surface area contributed by atoms with Crippen LogP contribution in [0.25, 0.3) is 10.1 Å². The SMILES string of the molecule is NOCc1ccc2cnsc2c1. The van der Waals surface area contributed by atoms with Crippen LogP contribution >= 0.6 is 11.5 Å². The molecule has 0 saturated heterocycles. The lowest BCUT2D eigenvalue weighted by molar-refractivity contribution is 0.124. The van der Waals surface area contributed by atoms with Crippen LogP contribution < -0.4 is 5.90 Å². The highest BCUT2D eigenvalue weighted by atomic mass is 32.1. The summed E-state index contributed by atoms with van der Waals surface area (Å²) < 4.78 is 5.24. The summed E-state index contributed by atoms with van der Waals surface area (Å²) in [7, 11) is 0. The van der Waals surface area contributed by atoms with Crippen LogP contribution in [0.5, 0.6) is 0 Å². The van der Waals surface area contributed by atoms with E-state index < -0.39 is 0 Å². The van der Waals surface area contributed by atoms with Gasteiger partial charge in [0.25, 0.3) is 0 Å². The Kier molecular flexibility index (Phi) is 2.03. The predicted molar refractivity (Wildman–Crippen MR) is 48.6 cm³/mol. The Balaban J connectivity index is 2.46. The molecule has 12 heavy (non-hydrogen) atoms. The highest BCUT2D eigenvalue weighted by Crippen LogP contribution is 2.19. The van der Waals surface area contributed by atoms with E-state index in [2.05, 4.69) is 9.21 Å². The normalized spacial score (nSPS) is 10.8. The lowest BCUT2D eigenvalue weighted by Gasteiger charge is -1.97. The van der Waals surface area contributed by atoms with Crippen LogP contribution in [0.1, 0.15) is 5.56 Å². The van der Waals surface area contributed by atoms with Gasteiger partial charge in [0, 0.05) is 11.6 Å². The molecule has 0 radical (unpaired) electrons. The number of fused-ring (bicyclic) bond motifs is 1. The van der Waals surface area contributed by atoms with Crippen molar-refractivity contribution >= 4 is 21.6 Å². The molecule has 0 amide bonds. The number of benzene rings is 1. The maximum absolute atomic E-state index is 4.97. The van der Waals surface area contributed by atoms with Crippen molar-refractivity contribution in [1.82, 2.24) is 4.37 Å². The smallest absolute Gasteiger partial charge is 0.0930 e. The first-order valence-electron chi connectivity index (χ1n) is 3.55. The molecule has 0 aliphatic rings. The fraction of sp³-hybridized carbons (Fsp3) is 0.125. The number of rotatable bonds is 2. The van der Waals surface area contributed by atoms with Crippen molar-refractivity contribution in [2.24, 2.45) is 5.90 Å². The summed E-state index contributed by atoms with van der Waals surface area (Å²) in [5, 5.41) is 1.17. The molecular formula is C8H8N2OS. The minimum atomic E-state index is 0.452. The van der Waals surface area contributed by atoms with Gasteiger partial charge in [-0.05, 0) is 23.2 Å². The standard InChI is InChI=1S/C8H8N2OS/c9-11-5-6-1-2-7-4-10-12-8(7)3-6/h1-4H,5,9H2. The van der Waals surface area contributed by atoms with Crippen LogP contribution in [-0.4, -0.2) is 4.37 Å². The van der Waals surface area contributed by atoms with Crippen LogP contribution in [0.15, 0.2) is 24.4 Å². The minimum absolute atomic E-state index is 0.452. The number of aromatic nitrogens is 1. The fourth-order valence-corrected chi connectivity index (χ4v) is 1.80. The van der Waals surface area contributed by atoms with Crippen molar-refractivity contribution in [3.8, 4) is 0 Å². The molecule has 2 aromatic rings. The van der Waals surface area contributed by atoms with Crippen molar-refractivity contribution in [3.63, 3.8) is 0 Å². The monoisotopic (exact) mass is 180 g/mol. The molecule has 1 aromatic carbocycles. The van der Waals surface area contributed by atoms with E-state index in [-0.39, 0.29) is 0 Å². The molecule has 62 valence electrons. The zero-order valence-corrected chi connectivity index (χ0v) is 7.17. The molecular weight excluding hydrogens is 172 g/mol. The quantitative estimate of drug-likeness (QED) is 0.715. The molecule has 0 atom stereocenters. The summed E-state index contributed by atoms with van der Waals surface area (Å²) in [5.74, 6) is 4.97. The summed E-state index contributed by atoms with van der Waals surface area (Å²) in [4.78, 5) is 4.54. The van der Waals surface area contributed by atoms with E-state index in [1.165, 1.54) is 21.6 Å². The van der Waals surface area contributed by atoms with Crippen molar-refractivity contribution in [2.45, 2.75) is 6.61 Å². The Morgan fingerprint density at radius 2 is 2.42 bits per heavy atom. The molecule has 2 rings (SSSR count). The van der Waals surface area contributed by atoms with Gasteiger partial charge in [-0.1, -0.05) is 12.1 Å². The van der Waals surface area contributed by atoms with Gasteiger partial charge in [0.1, 0.15) is 0 Å². The van der Waals surface area contributed by atoms with Crippen molar-refractivity contribution in [3.05, 3.63) is 30.0 Å². The molecule has 0 spiro atoms. The lowest BCUT2D eigenvalue weighted by Crippen LogP contribution is -1.98. The Morgan fingerprint density at radius 3 is 3.25 bits per heavy atom. The van der Waals surface area contributed by atoms with Gasteiger partial charge in [-0.2, -0.15) is 4.37 Å². The number of hydrogen-bond acceptors (Lipinski definition) is 4.